The number of thiazole rings is 1. The Kier molecular flexibility index (Phi) is 6.00. The number of hydrogen-bond acceptors (Lipinski definition) is 7. The van der Waals surface area contributed by atoms with Gasteiger partial charge in [-0.05, 0) is 49.2 Å². The van der Waals surface area contributed by atoms with Crippen molar-refractivity contribution in [3.05, 3.63) is 70.1 Å². The average molecular weight is 413 g/mol. The molecule has 6 nitrogen and oxygen atoms in total. The topological polar surface area (TPSA) is 64.5 Å². The third-order valence-electron chi connectivity index (χ3n) is 4.54. The molecule has 150 valence electrons. The number of ether oxygens (including phenoxy) is 2. The van der Waals surface area contributed by atoms with Crippen LogP contribution >= 0.6 is 11.3 Å². The Labute approximate surface area is 171 Å². The summed E-state index contributed by atoms with van der Waals surface area (Å²) in [6, 6.07) is 9.30. The Morgan fingerprint density at radius 3 is 2.72 bits per heavy atom. The van der Waals surface area contributed by atoms with Crippen LogP contribution in [0.3, 0.4) is 0 Å². The molecule has 0 unspecified atom stereocenters. The smallest absolute Gasteiger partial charge is 0.342 e. The highest BCUT2D eigenvalue weighted by atomic mass is 32.1. The number of anilines is 1. The van der Waals surface area contributed by atoms with Crippen molar-refractivity contribution in [1.29, 1.82) is 0 Å². The van der Waals surface area contributed by atoms with E-state index >= 15 is 0 Å². The van der Waals surface area contributed by atoms with Crippen LogP contribution in [0.15, 0.2) is 48.0 Å². The molecule has 2 aromatic heterocycles. The van der Waals surface area contributed by atoms with Crippen LogP contribution in [0.25, 0.3) is 0 Å². The van der Waals surface area contributed by atoms with E-state index in [1.165, 1.54) is 23.5 Å². The van der Waals surface area contributed by atoms with Gasteiger partial charge in [-0.1, -0.05) is 0 Å². The minimum absolute atomic E-state index is 0.0835. The summed E-state index contributed by atoms with van der Waals surface area (Å²) in [5.74, 6) is 0.538. The molecule has 4 rings (SSSR count). The standard InChI is InChI=1S/C21H20FN3O3S/c22-15-5-7-17(8-6-15)27-13-19-24-16(14-29-19)12-28-21(26)18-4-3-9-23-20(18)25-10-1-2-11-25/h3-9,14H,1-2,10-13H2. The van der Waals surface area contributed by atoms with Crippen LogP contribution in [0.2, 0.25) is 0 Å². The fourth-order valence-corrected chi connectivity index (χ4v) is 3.80. The number of rotatable bonds is 7. The van der Waals surface area contributed by atoms with Gasteiger partial charge in [0.2, 0.25) is 0 Å². The number of pyridine rings is 1. The zero-order chi connectivity index (χ0) is 20.1. The van der Waals surface area contributed by atoms with Crippen molar-refractivity contribution in [1.82, 2.24) is 9.97 Å². The van der Waals surface area contributed by atoms with Crippen molar-refractivity contribution in [3.8, 4) is 5.75 Å². The SMILES string of the molecule is O=C(OCc1csc(COc2ccc(F)cc2)n1)c1cccnc1N1CCCC1. The van der Waals surface area contributed by atoms with Crippen LogP contribution in [-0.2, 0) is 18.0 Å². The first kappa shape index (κ1) is 19.3. The second kappa shape index (κ2) is 9.00. The lowest BCUT2D eigenvalue weighted by Crippen LogP contribution is -2.22. The summed E-state index contributed by atoms with van der Waals surface area (Å²) in [4.78, 5) is 23.5. The van der Waals surface area contributed by atoms with Crippen LogP contribution in [0, 0.1) is 5.82 Å². The number of carbonyl (C=O) groups excluding carboxylic acids is 1. The number of esters is 1. The number of carbonyl (C=O) groups is 1. The van der Waals surface area contributed by atoms with Crippen LogP contribution in [0.5, 0.6) is 5.75 Å². The maximum absolute atomic E-state index is 12.9. The second-order valence-corrected chi connectivity index (χ2v) is 7.56. The van der Waals surface area contributed by atoms with E-state index in [0.29, 0.717) is 22.8 Å². The minimum Gasteiger partial charge on any atom is -0.486 e. The largest absolute Gasteiger partial charge is 0.486 e. The molecular formula is C21H20FN3O3S. The lowest BCUT2D eigenvalue weighted by molar-refractivity contribution is 0.0468. The van der Waals surface area contributed by atoms with Gasteiger partial charge in [0.25, 0.3) is 0 Å². The molecule has 1 aliphatic heterocycles. The first-order valence-corrected chi connectivity index (χ1v) is 10.3. The average Bonchev–Trinajstić information content (AvgIpc) is 3.44. The first-order valence-electron chi connectivity index (χ1n) is 9.38. The number of halogens is 1. The molecule has 0 N–H and O–H groups in total. The molecule has 0 aliphatic carbocycles. The maximum atomic E-state index is 12.9. The van der Waals surface area contributed by atoms with Crippen molar-refractivity contribution in [2.45, 2.75) is 26.1 Å². The zero-order valence-corrected chi connectivity index (χ0v) is 16.5. The Morgan fingerprint density at radius 2 is 1.93 bits per heavy atom. The Bertz CT molecular complexity index is 971. The van der Waals surface area contributed by atoms with Crippen molar-refractivity contribution < 1.29 is 18.7 Å². The van der Waals surface area contributed by atoms with Gasteiger partial charge >= 0.3 is 5.97 Å². The molecule has 29 heavy (non-hydrogen) atoms. The first-order chi connectivity index (χ1) is 14.2. The molecule has 0 amide bonds. The molecule has 0 spiro atoms. The fourth-order valence-electron chi connectivity index (χ4n) is 3.11. The molecule has 1 aromatic carbocycles. The van der Waals surface area contributed by atoms with Gasteiger partial charge in [0.15, 0.2) is 0 Å². The van der Waals surface area contributed by atoms with Gasteiger partial charge in [-0.25, -0.2) is 19.2 Å². The van der Waals surface area contributed by atoms with Crippen molar-refractivity contribution >= 4 is 23.1 Å². The maximum Gasteiger partial charge on any atom is 0.342 e. The van der Waals surface area contributed by atoms with Crippen molar-refractivity contribution in [2.75, 3.05) is 18.0 Å². The molecule has 0 saturated carbocycles. The van der Waals surface area contributed by atoms with E-state index in [1.54, 1.807) is 30.5 Å². The molecule has 8 heteroatoms. The number of benzene rings is 1. The molecule has 3 heterocycles. The van der Waals surface area contributed by atoms with Crippen molar-refractivity contribution in [2.24, 2.45) is 0 Å². The highest BCUT2D eigenvalue weighted by Crippen LogP contribution is 2.23. The van der Waals surface area contributed by atoms with Crippen LogP contribution < -0.4 is 9.64 Å². The number of nitrogens with zero attached hydrogens (tertiary/aromatic N) is 3. The van der Waals surface area contributed by atoms with Gasteiger partial charge < -0.3 is 14.4 Å². The summed E-state index contributed by atoms with van der Waals surface area (Å²) in [7, 11) is 0. The molecule has 0 atom stereocenters. The van der Waals surface area contributed by atoms with E-state index in [1.807, 2.05) is 5.38 Å². The van der Waals surface area contributed by atoms with Gasteiger partial charge in [-0.3, -0.25) is 0 Å². The predicted octanol–water partition coefficient (Wildman–Crippen LogP) is 4.21. The lowest BCUT2D eigenvalue weighted by atomic mass is 10.2. The lowest BCUT2D eigenvalue weighted by Gasteiger charge is -2.18. The number of hydrogen-bond donors (Lipinski definition) is 0. The van der Waals surface area contributed by atoms with Crippen molar-refractivity contribution in [3.63, 3.8) is 0 Å². The monoisotopic (exact) mass is 413 g/mol. The van der Waals surface area contributed by atoms with Crippen LogP contribution in [-0.4, -0.2) is 29.0 Å². The molecule has 1 aliphatic rings. The van der Waals surface area contributed by atoms with Crippen LogP contribution in [0.1, 0.15) is 33.9 Å². The third-order valence-corrected chi connectivity index (χ3v) is 5.41. The van der Waals surface area contributed by atoms with E-state index in [9.17, 15) is 9.18 Å². The van der Waals surface area contributed by atoms with E-state index in [-0.39, 0.29) is 19.0 Å². The summed E-state index contributed by atoms with van der Waals surface area (Å²) in [5.41, 5.74) is 1.14. The summed E-state index contributed by atoms with van der Waals surface area (Å²) in [5, 5.41) is 2.58. The molecule has 3 aromatic rings. The van der Waals surface area contributed by atoms with Gasteiger partial charge in [0, 0.05) is 24.7 Å². The normalized spacial score (nSPS) is 13.5. The highest BCUT2D eigenvalue weighted by Gasteiger charge is 2.21. The second-order valence-electron chi connectivity index (χ2n) is 6.62. The highest BCUT2D eigenvalue weighted by molar-refractivity contribution is 7.09. The summed E-state index contributed by atoms with van der Waals surface area (Å²) in [6.07, 6.45) is 3.90. The molecule has 0 radical (unpaired) electrons. The van der Waals surface area contributed by atoms with E-state index in [2.05, 4.69) is 14.9 Å². The predicted molar refractivity (Wildman–Crippen MR) is 108 cm³/mol. The summed E-state index contributed by atoms with van der Waals surface area (Å²) >= 11 is 1.42. The van der Waals surface area contributed by atoms with Gasteiger partial charge in [-0.2, -0.15) is 0 Å². The van der Waals surface area contributed by atoms with Gasteiger partial charge in [0.1, 0.15) is 41.2 Å². The van der Waals surface area contributed by atoms with Gasteiger partial charge in [-0.15, -0.1) is 11.3 Å². The van der Waals surface area contributed by atoms with E-state index < -0.39 is 5.97 Å². The van der Waals surface area contributed by atoms with Crippen LogP contribution in [0.4, 0.5) is 10.2 Å². The molecule has 0 bridgehead atoms. The van der Waals surface area contributed by atoms with E-state index in [0.717, 1.165) is 30.9 Å². The summed E-state index contributed by atoms with van der Waals surface area (Å²) < 4.78 is 24.0. The molecule has 1 saturated heterocycles. The zero-order valence-electron chi connectivity index (χ0n) is 15.7. The Hall–Kier alpha value is -3.00. The quantitative estimate of drug-likeness (QED) is 0.541. The van der Waals surface area contributed by atoms with Gasteiger partial charge in [0.05, 0.1) is 5.69 Å². The Morgan fingerprint density at radius 1 is 1.14 bits per heavy atom. The molecule has 1 fully saturated rings. The number of aromatic nitrogens is 2. The Balaban J connectivity index is 1.33. The summed E-state index contributed by atoms with van der Waals surface area (Å²) in [6.45, 7) is 2.16. The fraction of sp³-hybridized carbons (Fsp3) is 0.286. The third kappa shape index (κ3) is 4.89. The van der Waals surface area contributed by atoms with E-state index in [4.69, 9.17) is 9.47 Å². The minimum atomic E-state index is -0.405. The molecular weight excluding hydrogens is 393 g/mol.